The largest absolute Gasteiger partial charge is 0.472 e. The highest BCUT2D eigenvalue weighted by molar-refractivity contribution is 7.47. The molecule has 0 fully saturated rings. The van der Waals surface area contributed by atoms with Gasteiger partial charge in [0.1, 0.15) is 6.61 Å². The minimum atomic E-state index is -4.38. The normalized spacial score (nSPS) is 13.7. The number of carbonyl (C=O) groups excluding carboxylic acids is 2. The number of phosphoric acid groups is 1. The van der Waals surface area contributed by atoms with Crippen molar-refractivity contribution in [2.45, 2.75) is 193 Å². The van der Waals surface area contributed by atoms with Gasteiger partial charge in [-0.25, -0.2) is 4.57 Å². The van der Waals surface area contributed by atoms with E-state index in [0.717, 1.165) is 51.4 Å². The average molecular weight is 756 g/mol. The first-order valence-corrected chi connectivity index (χ1v) is 22.5. The van der Waals surface area contributed by atoms with Crippen LogP contribution >= 0.6 is 7.82 Å². The van der Waals surface area contributed by atoms with Crippen LogP contribution in [0.25, 0.3) is 0 Å². The molecule has 0 saturated carbocycles. The van der Waals surface area contributed by atoms with Gasteiger partial charge in [-0.15, -0.1) is 0 Å². The minimum Gasteiger partial charge on any atom is -0.462 e. The lowest BCUT2D eigenvalue weighted by Crippen LogP contribution is -2.29. The Morgan fingerprint density at radius 3 is 1.52 bits per heavy atom. The predicted octanol–water partition coefficient (Wildman–Crippen LogP) is 11.8. The fraction of sp³-hybridized carbons (Fsp3) is 0.810. The molecule has 2 atom stereocenters. The monoisotopic (exact) mass is 756 g/mol. The molecule has 0 aromatic rings. The molecule has 0 aliphatic rings. The first kappa shape index (κ1) is 50.2. The number of hydrogen-bond acceptors (Lipinski definition) is 8. The molecule has 0 radical (unpaired) electrons. The summed E-state index contributed by atoms with van der Waals surface area (Å²) in [5.41, 5.74) is 5.34. The van der Waals surface area contributed by atoms with Gasteiger partial charge in [-0.3, -0.25) is 18.6 Å². The van der Waals surface area contributed by atoms with Crippen molar-refractivity contribution in [3.8, 4) is 0 Å². The quantitative estimate of drug-likeness (QED) is 0.0272. The van der Waals surface area contributed by atoms with E-state index in [1.165, 1.54) is 103 Å². The third kappa shape index (κ3) is 38.0. The minimum absolute atomic E-state index is 0.0477. The topological polar surface area (TPSA) is 134 Å². The van der Waals surface area contributed by atoms with Crippen molar-refractivity contribution in [1.82, 2.24) is 0 Å². The van der Waals surface area contributed by atoms with Crippen LogP contribution in [-0.4, -0.2) is 49.3 Å². The van der Waals surface area contributed by atoms with Crippen molar-refractivity contribution in [2.24, 2.45) is 5.73 Å². The van der Waals surface area contributed by atoms with Gasteiger partial charge in [-0.1, -0.05) is 159 Å². The third-order valence-corrected chi connectivity index (χ3v) is 9.76. The molecule has 0 rings (SSSR count). The molecular weight excluding hydrogens is 677 g/mol. The van der Waals surface area contributed by atoms with Crippen LogP contribution in [0.2, 0.25) is 0 Å². The highest BCUT2D eigenvalue weighted by Gasteiger charge is 2.25. The van der Waals surface area contributed by atoms with Gasteiger partial charge in [0.05, 0.1) is 13.2 Å². The Morgan fingerprint density at radius 1 is 0.577 bits per heavy atom. The molecule has 10 heteroatoms. The van der Waals surface area contributed by atoms with Gasteiger partial charge in [0.2, 0.25) is 0 Å². The van der Waals surface area contributed by atoms with Crippen LogP contribution in [-0.2, 0) is 32.7 Å². The second-order valence-corrected chi connectivity index (χ2v) is 15.3. The van der Waals surface area contributed by atoms with E-state index >= 15 is 0 Å². The zero-order valence-corrected chi connectivity index (χ0v) is 34.2. The summed E-state index contributed by atoms with van der Waals surface area (Å²) in [6, 6.07) is 0. The van der Waals surface area contributed by atoms with Crippen LogP contribution in [0.5, 0.6) is 0 Å². The molecule has 3 N–H and O–H groups in total. The van der Waals surface area contributed by atoms with E-state index in [1.54, 1.807) is 0 Å². The molecule has 52 heavy (non-hydrogen) atoms. The first-order chi connectivity index (χ1) is 25.3. The number of hydrogen-bond donors (Lipinski definition) is 2. The van der Waals surface area contributed by atoms with E-state index < -0.39 is 32.5 Å². The number of rotatable bonds is 39. The van der Waals surface area contributed by atoms with Crippen LogP contribution in [0.15, 0.2) is 36.5 Å². The van der Waals surface area contributed by atoms with Crippen molar-refractivity contribution in [3.63, 3.8) is 0 Å². The summed E-state index contributed by atoms with van der Waals surface area (Å²) in [7, 11) is -4.38. The first-order valence-electron chi connectivity index (χ1n) is 21.0. The van der Waals surface area contributed by atoms with Gasteiger partial charge in [-0.2, -0.15) is 0 Å². The molecule has 0 aliphatic heterocycles. The zero-order chi connectivity index (χ0) is 38.2. The number of allylic oxidation sites excluding steroid dienone is 6. The molecule has 1 unspecified atom stereocenters. The van der Waals surface area contributed by atoms with E-state index in [4.69, 9.17) is 24.3 Å². The van der Waals surface area contributed by atoms with Crippen molar-refractivity contribution >= 4 is 19.8 Å². The summed E-state index contributed by atoms with van der Waals surface area (Å²) in [6.07, 6.45) is 41.7. The van der Waals surface area contributed by atoms with E-state index in [9.17, 15) is 19.0 Å². The molecular formula is C42H78NO8P. The van der Waals surface area contributed by atoms with E-state index in [0.29, 0.717) is 6.42 Å². The summed E-state index contributed by atoms with van der Waals surface area (Å²) in [5, 5.41) is 0. The molecule has 0 amide bonds. The second kappa shape index (κ2) is 38.9. The summed E-state index contributed by atoms with van der Waals surface area (Å²) < 4.78 is 32.7. The fourth-order valence-corrected chi connectivity index (χ4v) is 6.41. The molecule has 0 heterocycles. The Hall–Kier alpha value is -1.77. The van der Waals surface area contributed by atoms with Crippen molar-refractivity contribution in [1.29, 1.82) is 0 Å². The number of esters is 2. The molecule has 0 aromatic carbocycles. The molecule has 0 bridgehead atoms. The van der Waals surface area contributed by atoms with Gasteiger partial charge in [0.25, 0.3) is 0 Å². The van der Waals surface area contributed by atoms with Crippen LogP contribution in [0.4, 0.5) is 0 Å². The maximum absolute atomic E-state index is 12.5. The van der Waals surface area contributed by atoms with Crippen molar-refractivity contribution in [3.05, 3.63) is 36.5 Å². The zero-order valence-electron chi connectivity index (χ0n) is 33.3. The second-order valence-electron chi connectivity index (χ2n) is 13.9. The van der Waals surface area contributed by atoms with Gasteiger partial charge in [-0.05, 0) is 51.4 Å². The summed E-state index contributed by atoms with van der Waals surface area (Å²) in [5.74, 6) is -0.869. The Balaban J connectivity index is 4.22. The summed E-state index contributed by atoms with van der Waals surface area (Å²) in [4.78, 5) is 34.8. The number of ether oxygens (including phenoxy) is 2. The van der Waals surface area contributed by atoms with E-state index in [2.05, 4.69) is 50.3 Å². The number of nitrogens with two attached hydrogens (primary N) is 1. The highest BCUT2D eigenvalue weighted by atomic mass is 31.2. The lowest BCUT2D eigenvalue weighted by molar-refractivity contribution is -0.161. The maximum Gasteiger partial charge on any atom is 0.472 e. The van der Waals surface area contributed by atoms with Crippen LogP contribution in [0.1, 0.15) is 187 Å². The predicted molar refractivity (Wildman–Crippen MR) is 215 cm³/mol. The van der Waals surface area contributed by atoms with Gasteiger partial charge in [0.15, 0.2) is 6.10 Å². The van der Waals surface area contributed by atoms with Crippen molar-refractivity contribution in [2.75, 3.05) is 26.4 Å². The van der Waals surface area contributed by atoms with Gasteiger partial charge >= 0.3 is 19.8 Å². The highest BCUT2D eigenvalue weighted by Crippen LogP contribution is 2.43. The van der Waals surface area contributed by atoms with Crippen LogP contribution in [0, 0.1) is 0 Å². The summed E-state index contributed by atoms with van der Waals surface area (Å²) in [6.45, 7) is 3.66. The molecule has 0 saturated heterocycles. The van der Waals surface area contributed by atoms with Gasteiger partial charge in [0, 0.05) is 19.4 Å². The molecule has 0 aliphatic carbocycles. The SMILES string of the molecule is CCCCC/C=C\C/C=C\C/C=C\CCCCC(=O)O[C@H](COC(=O)CCCCCCCCCCCCCCCCCC)COP(=O)(O)OCCN. The molecule has 9 nitrogen and oxygen atoms in total. The van der Waals surface area contributed by atoms with E-state index in [-0.39, 0.29) is 32.6 Å². The smallest absolute Gasteiger partial charge is 0.462 e. The standard InChI is InChI=1S/C42H78NO8P/c1-3-5-7-9-11-13-15-17-19-21-22-24-26-28-30-32-34-41(44)48-38-40(39-50-52(46,47)49-37-36-43)51-42(45)35-33-31-29-27-25-23-20-18-16-14-12-10-8-6-4-2/h12,14,18,20,25,27,40H,3-11,13,15-17,19,21-24,26,28-39,43H2,1-2H3,(H,46,47)/b14-12-,20-18-,27-25-/t40-/m1/s1. The Labute approximate surface area is 318 Å². The van der Waals surface area contributed by atoms with Crippen LogP contribution in [0.3, 0.4) is 0 Å². The summed E-state index contributed by atoms with van der Waals surface area (Å²) >= 11 is 0. The third-order valence-electron chi connectivity index (χ3n) is 8.78. The van der Waals surface area contributed by atoms with Gasteiger partial charge < -0.3 is 20.1 Å². The number of phosphoric ester groups is 1. The van der Waals surface area contributed by atoms with E-state index in [1.807, 2.05) is 0 Å². The number of unbranched alkanes of at least 4 members (excludes halogenated alkanes) is 20. The average Bonchev–Trinajstić information content (AvgIpc) is 3.13. The lowest BCUT2D eigenvalue weighted by Gasteiger charge is -2.19. The molecule has 304 valence electrons. The fourth-order valence-electron chi connectivity index (χ4n) is 5.64. The maximum atomic E-state index is 12.5. The molecule has 0 spiro atoms. The lowest BCUT2D eigenvalue weighted by atomic mass is 10.0. The number of carbonyl (C=O) groups is 2. The Kier molecular flexibility index (Phi) is 37.6. The Morgan fingerprint density at radius 2 is 1.00 bits per heavy atom. The van der Waals surface area contributed by atoms with Crippen molar-refractivity contribution < 1.29 is 37.6 Å². The Bertz CT molecular complexity index is 954. The van der Waals surface area contributed by atoms with Crippen LogP contribution < -0.4 is 5.73 Å². The molecule has 0 aromatic heterocycles.